The summed E-state index contributed by atoms with van der Waals surface area (Å²) < 4.78 is 45.0. The van der Waals surface area contributed by atoms with Crippen LogP contribution in [-0.4, -0.2) is 45.8 Å². The van der Waals surface area contributed by atoms with Gasteiger partial charge in [-0.1, -0.05) is 0 Å². The third-order valence-electron chi connectivity index (χ3n) is 3.82. The fourth-order valence-corrected chi connectivity index (χ4v) is 2.53. The second-order valence-electron chi connectivity index (χ2n) is 5.49. The lowest BCUT2D eigenvalue weighted by Gasteiger charge is -2.29. The van der Waals surface area contributed by atoms with Crippen LogP contribution < -0.4 is 10.6 Å². The molecule has 0 radical (unpaired) electrons. The number of nitrogens with zero attached hydrogens (tertiary/aromatic N) is 3. The summed E-state index contributed by atoms with van der Waals surface area (Å²) >= 11 is 0. The van der Waals surface area contributed by atoms with Crippen LogP contribution in [0.15, 0.2) is 18.3 Å². The highest BCUT2D eigenvalue weighted by atomic mass is 19.4. The monoisotopic (exact) mass is 343 g/mol. The number of morpholine rings is 1. The van der Waals surface area contributed by atoms with Gasteiger partial charge in [-0.05, 0) is 19.1 Å². The number of carbonyl (C=O) groups excluding carboxylic acids is 1. The zero-order valence-electron chi connectivity index (χ0n) is 12.8. The molecule has 3 heterocycles. The normalized spacial score (nSPS) is 21.8. The Balaban J connectivity index is 1.74. The number of nitrogens with one attached hydrogen (secondary N) is 2. The van der Waals surface area contributed by atoms with E-state index in [-0.39, 0.29) is 30.0 Å². The van der Waals surface area contributed by atoms with Gasteiger partial charge in [-0.25, -0.2) is 0 Å². The molecule has 0 bridgehead atoms. The average Bonchev–Trinajstić information content (AvgIpc) is 2.94. The second-order valence-corrected chi connectivity index (χ2v) is 5.49. The van der Waals surface area contributed by atoms with Crippen molar-refractivity contribution < 1.29 is 22.7 Å². The molecule has 2 atom stereocenters. The number of carbonyl (C=O) groups is 1. The molecule has 7 nitrogen and oxygen atoms in total. The molecule has 130 valence electrons. The van der Waals surface area contributed by atoms with E-state index < -0.39 is 17.8 Å². The molecule has 3 rings (SSSR count). The lowest BCUT2D eigenvalue weighted by atomic mass is 10.1. The van der Waals surface area contributed by atoms with Gasteiger partial charge in [0.25, 0.3) is 0 Å². The van der Waals surface area contributed by atoms with Crippen molar-refractivity contribution >= 4 is 11.6 Å². The van der Waals surface area contributed by atoms with E-state index in [0.717, 1.165) is 12.3 Å². The predicted molar refractivity (Wildman–Crippen MR) is 77.0 cm³/mol. The molecule has 0 unspecified atom stereocenters. The quantitative estimate of drug-likeness (QED) is 0.859. The number of halogens is 3. The molecule has 10 heteroatoms. The SMILES string of the molecule is C[C@H]1OCCN[C@@H]1C(=O)NCc1nnc2ccc(C(F)(F)F)cn12. The van der Waals surface area contributed by atoms with Gasteiger partial charge >= 0.3 is 6.18 Å². The lowest BCUT2D eigenvalue weighted by molar-refractivity contribution is -0.138. The molecule has 2 aromatic rings. The van der Waals surface area contributed by atoms with Crippen LogP contribution in [0, 0.1) is 0 Å². The highest BCUT2D eigenvalue weighted by Gasteiger charge is 2.31. The molecule has 1 amide bonds. The van der Waals surface area contributed by atoms with Crippen LogP contribution in [-0.2, 0) is 22.3 Å². The van der Waals surface area contributed by atoms with Crippen LogP contribution in [0.1, 0.15) is 18.3 Å². The Morgan fingerprint density at radius 1 is 1.46 bits per heavy atom. The van der Waals surface area contributed by atoms with Crippen molar-refractivity contribution in [3.63, 3.8) is 0 Å². The summed E-state index contributed by atoms with van der Waals surface area (Å²) in [5, 5.41) is 13.3. The summed E-state index contributed by atoms with van der Waals surface area (Å²) in [6.45, 7) is 2.83. The molecule has 1 saturated heterocycles. The topological polar surface area (TPSA) is 80.5 Å². The van der Waals surface area contributed by atoms with Crippen LogP contribution in [0.5, 0.6) is 0 Å². The summed E-state index contributed by atoms with van der Waals surface area (Å²) in [6, 6.07) is 1.67. The van der Waals surface area contributed by atoms with Gasteiger partial charge in [0.2, 0.25) is 5.91 Å². The van der Waals surface area contributed by atoms with Gasteiger partial charge in [-0.2, -0.15) is 13.2 Å². The zero-order chi connectivity index (χ0) is 17.3. The molecular formula is C14H16F3N5O2. The maximum atomic E-state index is 12.8. The minimum absolute atomic E-state index is 0.0355. The predicted octanol–water partition coefficient (Wildman–Crippen LogP) is 0.741. The fourth-order valence-electron chi connectivity index (χ4n) is 2.53. The molecule has 1 aliphatic rings. The molecule has 0 aliphatic carbocycles. The van der Waals surface area contributed by atoms with E-state index in [1.54, 1.807) is 6.92 Å². The van der Waals surface area contributed by atoms with E-state index in [1.807, 2.05) is 0 Å². The number of hydrogen-bond acceptors (Lipinski definition) is 5. The number of pyridine rings is 1. The van der Waals surface area contributed by atoms with Gasteiger partial charge in [0.05, 0.1) is 24.8 Å². The Bertz CT molecular complexity index is 746. The Morgan fingerprint density at radius 2 is 2.25 bits per heavy atom. The summed E-state index contributed by atoms with van der Waals surface area (Å²) in [5.41, 5.74) is -0.530. The van der Waals surface area contributed by atoms with Gasteiger partial charge < -0.3 is 15.4 Å². The Morgan fingerprint density at radius 3 is 2.96 bits per heavy atom. The maximum absolute atomic E-state index is 12.8. The number of alkyl halides is 3. The molecule has 1 fully saturated rings. The summed E-state index contributed by atoms with van der Waals surface area (Å²) in [5.74, 6) is -0.0836. The van der Waals surface area contributed by atoms with E-state index in [1.165, 1.54) is 10.5 Å². The Hall–Kier alpha value is -2.20. The zero-order valence-corrected chi connectivity index (χ0v) is 12.8. The lowest BCUT2D eigenvalue weighted by Crippen LogP contribution is -2.55. The van der Waals surface area contributed by atoms with Crippen molar-refractivity contribution in [2.24, 2.45) is 0 Å². The summed E-state index contributed by atoms with van der Waals surface area (Å²) in [7, 11) is 0. The molecule has 2 N–H and O–H groups in total. The van der Waals surface area contributed by atoms with Gasteiger partial charge in [-0.15, -0.1) is 10.2 Å². The minimum Gasteiger partial charge on any atom is -0.375 e. The smallest absolute Gasteiger partial charge is 0.375 e. The first kappa shape index (κ1) is 16.7. The van der Waals surface area contributed by atoms with E-state index in [0.29, 0.717) is 13.2 Å². The molecule has 2 aromatic heterocycles. The first-order valence-electron chi connectivity index (χ1n) is 7.40. The van der Waals surface area contributed by atoms with E-state index >= 15 is 0 Å². The third kappa shape index (κ3) is 3.34. The fraction of sp³-hybridized carbons (Fsp3) is 0.500. The first-order valence-corrected chi connectivity index (χ1v) is 7.40. The van der Waals surface area contributed by atoms with Gasteiger partial charge in [0.1, 0.15) is 6.04 Å². The van der Waals surface area contributed by atoms with Crippen molar-refractivity contribution in [1.29, 1.82) is 0 Å². The number of fused-ring (bicyclic) bond motifs is 1. The molecular weight excluding hydrogens is 327 g/mol. The minimum atomic E-state index is -4.46. The van der Waals surface area contributed by atoms with Gasteiger partial charge in [-0.3, -0.25) is 9.20 Å². The highest BCUT2D eigenvalue weighted by molar-refractivity contribution is 5.82. The van der Waals surface area contributed by atoms with Crippen molar-refractivity contribution in [2.45, 2.75) is 31.8 Å². The van der Waals surface area contributed by atoms with Crippen LogP contribution in [0.25, 0.3) is 5.65 Å². The summed E-state index contributed by atoms with van der Waals surface area (Å²) in [6.07, 6.45) is -3.83. The maximum Gasteiger partial charge on any atom is 0.417 e. The van der Waals surface area contributed by atoms with Gasteiger partial charge in [0, 0.05) is 12.7 Å². The molecule has 1 aliphatic heterocycles. The number of amides is 1. The highest BCUT2D eigenvalue weighted by Crippen LogP contribution is 2.29. The van der Waals surface area contributed by atoms with E-state index in [9.17, 15) is 18.0 Å². The Kier molecular flexibility index (Phi) is 4.41. The van der Waals surface area contributed by atoms with Crippen molar-refractivity contribution in [3.05, 3.63) is 29.7 Å². The largest absolute Gasteiger partial charge is 0.417 e. The molecule has 0 spiro atoms. The van der Waals surface area contributed by atoms with Crippen molar-refractivity contribution in [3.8, 4) is 0 Å². The second kappa shape index (κ2) is 6.36. The molecule has 0 saturated carbocycles. The number of aromatic nitrogens is 3. The number of hydrogen-bond donors (Lipinski definition) is 2. The number of rotatable bonds is 3. The van der Waals surface area contributed by atoms with Crippen molar-refractivity contribution in [2.75, 3.05) is 13.2 Å². The van der Waals surface area contributed by atoms with Crippen LogP contribution in [0.2, 0.25) is 0 Å². The van der Waals surface area contributed by atoms with Gasteiger partial charge in [0.15, 0.2) is 11.5 Å². The van der Waals surface area contributed by atoms with E-state index in [2.05, 4.69) is 20.8 Å². The molecule has 0 aromatic carbocycles. The van der Waals surface area contributed by atoms with Crippen LogP contribution in [0.3, 0.4) is 0 Å². The van der Waals surface area contributed by atoms with Crippen LogP contribution in [0.4, 0.5) is 13.2 Å². The summed E-state index contributed by atoms with van der Waals surface area (Å²) in [4.78, 5) is 12.2. The van der Waals surface area contributed by atoms with Crippen molar-refractivity contribution in [1.82, 2.24) is 25.2 Å². The first-order chi connectivity index (χ1) is 11.4. The molecule has 24 heavy (non-hydrogen) atoms. The Labute approximate surface area is 135 Å². The third-order valence-corrected chi connectivity index (χ3v) is 3.82. The van der Waals surface area contributed by atoms with Crippen LogP contribution >= 0.6 is 0 Å². The van der Waals surface area contributed by atoms with E-state index in [4.69, 9.17) is 4.74 Å². The standard InChI is InChI=1S/C14H16F3N5O2/c1-8-12(18-4-5-24-8)13(23)19-6-11-21-20-10-3-2-9(7-22(10)11)14(15,16)17/h2-3,7-8,12,18H,4-6H2,1H3,(H,19,23)/t8-,12+/m1/s1. The average molecular weight is 343 g/mol. The number of ether oxygens (including phenoxy) is 1.